The number of halogens is 2. The number of fused-ring (bicyclic) bond motifs is 2. The molecule has 0 aliphatic heterocycles. The topological polar surface area (TPSA) is 37.3 Å². The summed E-state index contributed by atoms with van der Waals surface area (Å²) in [5.74, 6) is 0.964. The van der Waals surface area contributed by atoms with Crippen molar-refractivity contribution >= 4 is 29.0 Å². The van der Waals surface area contributed by atoms with Crippen molar-refractivity contribution in [3.8, 4) is 0 Å². The van der Waals surface area contributed by atoms with Crippen LogP contribution in [0, 0.1) is 17.8 Å². The molecule has 2 bridgehead atoms. The van der Waals surface area contributed by atoms with Crippen molar-refractivity contribution in [2.24, 2.45) is 17.8 Å². The summed E-state index contributed by atoms with van der Waals surface area (Å²) in [7, 11) is 0. The van der Waals surface area contributed by atoms with E-state index < -0.39 is 0 Å². The Morgan fingerprint density at radius 3 is 2.67 bits per heavy atom. The van der Waals surface area contributed by atoms with Gasteiger partial charge in [0.1, 0.15) is 5.78 Å². The zero-order chi connectivity index (χ0) is 15.1. The summed E-state index contributed by atoms with van der Waals surface area (Å²) in [5, 5.41) is 11.4. The van der Waals surface area contributed by atoms with Gasteiger partial charge >= 0.3 is 0 Å². The van der Waals surface area contributed by atoms with Crippen LogP contribution in [0.1, 0.15) is 44.1 Å². The Labute approximate surface area is 135 Å². The molecule has 2 aliphatic carbocycles. The average molecular weight is 327 g/mol. The molecule has 2 aliphatic rings. The number of carbonyl (C=O) groups is 1. The normalized spacial score (nSPS) is 35.0. The first kappa shape index (κ1) is 15.3. The summed E-state index contributed by atoms with van der Waals surface area (Å²) in [4.78, 5) is 12.5. The van der Waals surface area contributed by atoms with Crippen LogP contribution in [0.4, 0.5) is 0 Å². The lowest BCUT2D eigenvalue weighted by Crippen LogP contribution is -2.35. The van der Waals surface area contributed by atoms with E-state index in [0.717, 1.165) is 24.8 Å². The second kappa shape index (κ2) is 5.91. The predicted octanol–water partition coefficient (Wildman–Crippen LogP) is 4.46. The van der Waals surface area contributed by atoms with Crippen molar-refractivity contribution in [3.05, 3.63) is 33.8 Å². The van der Waals surface area contributed by atoms with E-state index in [1.165, 1.54) is 0 Å². The fourth-order valence-electron chi connectivity index (χ4n) is 4.32. The second-order valence-corrected chi connectivity index (χ2v) is 7.24. The van der Waals surface area contributed by atoms with Crippen molar-refractivity contribution in [1.29, 1.82) is 0 Å². The molecule has 4 heteroatoms. The Kier molecular flexibility index (Phi) is 4.31. The van der Waals surface area contributed by atoms with Crippen molar-refractivity contribution in [2.75, 3.05) is 0 Å². The van der Waals surface area contributed by atoms with Crippen molar-refractivity contribution in [3.63, 3.8) is 0 Å². The largest absolute Gasteiger partial charge is 0.393 e. The SMILES string of the molecule is CCC(=O)[C@@H]1[C@@H]2CC(CC2O)C[C@H]1c1ccc(Cl)c(Cl)c1. The number of ketones is 1. The molecule has 3 rings (SSSR count). The third kappa shape index (κ3) is 2.74. The zero-order valence-corrected chi connectivity index (χ0v) is 13.6. The first-order valence-corrected chi connectivity index (χ1v) is 8.42. The highest BCUT2D eigenvalue weighted by Gasteiger charge is 2.49. The lowest BCUT2D eigenvalue weighted by atomic mass is 9.67. The molecule has 2 saturated carbocycles. The molecule has 0 heterocycles. The number of Topliss-reactive ketones (excluding diaryl/α,β-unsaturated/α-hetero) is 1. The Morgan fingerprint density at radius 2 is 2.00 bits per heavy atom. The van der Waals surface area contributed by atoms with Crippen LogP contribution in [0.3, 0.4) is 0 Å². The average Bonchev–Trinajstić information content (AvgIpc) is 2.76. The second-order valence-electron chi connectivity index (χ2n) is 6.43. The van der Waals surface area contributed by atoms with Gasteiger partial charge in [-0.1, -0.05) is 36.2 Å². The van der Waals surface area contributed by atoms with Crippen molar-refractivity contribution in [2.45, 2.75) is 44.6 Å². The van der Waals surface area contributed by atoms with Gasteiger partial charge in [-0.05, 0) is 54.7 Å². The van der Waals surface area contributed by atoms with Crippen LogP contribution < -0.4 is 0 Å². The van der Waals surface area contributed by atoms with Gasteiger partial charge in [0, 0.05) is 12.3 Å². The molecule has 21 heavy (non-hydrogen) atoms. The Balaban J connectivity index is 1.98. The highest BCUT2D eigenvalue weighted by atomic mass is 35.5. The molecule has 2 nitrogen and oxygen atoms in total. The molecule has 0 radical (unpaired) electrons. The molecule has 114 valence electrons. The monoisotopic (exact) mass is 326 g/mol. The Bertz CT molecular complexity index is 558. The fourth-order valence-corrected chi connectivity index (χ4v) is 4.63. The lowest BCUT2D eigenvalue weighted by Gasteiger charge is -2.36. The number of hydrogen-bond acceptors (Lipinski definition) is 2. The quantitative estimate of drug-likeness (QED) is 0.890. The molecule has 1 aromatic rings. The maximum Gasteiger partial charge on any atom is 0.136 e. The molecule has 1 N–H and O–H groups in total. The molecule has 2 fully saturated rings. The summed E-state index contributed by atoms with van der Waals surface area (Å²) in [6.07, 6.45) is 2.97. The number of rotatable bonds is 3. The van der Waals surface area contributed by atoms with Gasteiger partial charge in [-0.3, -0.25) is 4.79 Å². The molecule has 0 saturated heterocycles. The van der Waals surface area contributed by atoms with Gasteiger partial charge in [-0.15, -0.1) is 0 Å². The van der Waals surface area contributed by atoms with E-state index in [9.17, 15) is 9.90 Å². The Morgan fingerprint density at radius 1 is 1.24 bits per heavy atom. The van der Waals surface area contributed by atoms with Crippen LogP contribution in [0.25, 0.3) is 0 Å². The third-order valence-electron chi connectivity index (χ3n) is 5.25. The minimum atomic E-state index is -0.330. The first-order valence-electron chi connectivity index (χ1n) is 7.67. The number of hydrogen-bond donors (Lipinski definition) is 1. The smallest absolute Gasteiger partial charge is 0.136 e. The van der Waals surface area contributed by atoms with Crippen LogP contribution in [0.5, 0.6) is 0 Å². The molecule has 0 spiro atoms. The van der Waals surface area contributed by atoms with E-state index in [-0.39, 0.29) is 29.6 Å². The third-order valence-corrected chi connectivity index (χ3v) is 5.99. The van der Waals surface area contributed by atoms with Gasteiger partial charge in [-0.25, -0.2) is 0 Å². The molecule has 1 aromatic carbocycles. The van der Waals surface area contributed by atoms with Crippen LogP contribution >= 0.6 is 23.2 Å². The van der Waals surface area contributed by atoms with E-state index in [1.54, 1.807) is 6.07 Å². The van der Waals surface area contributed by atoms with Crippen LogP contribution in [0.2, 0.25) is 10.0 Å². The van der Waals surface area contributed by atoms with Gasteiger partial charge in [0.05, 0.1) is 16.1 Å². The van der Waals surface area contributed by atoms with Gasteiger partial charge in [0.2, 0.25) is 0 Å². The van der Waals surface area contributed by atoms with E-state index in [1.807, 2.05) is 19.1 Å². The van der Waals surface area contributed by atoms with Crippen LogP contribution in [-0.2, 0) is 4.79 Å². The maximum absolute atomic E-state index is 12.5. The minimum absolute atomic E-state index is 0.0824. The summed E-state index contributed by atoms with van der Waals surface area (Å²) >= 11 is 12.1. The van der Waals surface area contributed by atoms with E-state index in [2.05, 4.69) is 0 Å². The molecule has 0 aromatic heterocycles. The zero-order valence-electron chi connectivity index (χ0n) is 12.1. The van der Waals surface area contributed by atoms with Crippen LogP contribution in [-0.4, -0.2) is 17.0 Å². The van der Waals surface area contributed by atoms with Crippen LogP contribution in [0.15, 0.2) is 18.2 Å². The number of carbonyl (C=O) groups excluding carboxylic acids is 1. The highest BCUT2D eigenvalue weighted by molar-refractivity contribution is 6.42. The number of benzene rings is 1. The molecule has 0 amide bonds. The highest BCUT2D eigenvalue weighted by Crippen LogP contribution is 2.52. The fraction of sp³-hybridized carbons (Fsp3) is 0.588. The van der Waals surface area contributed by atoms with E-state index >= 15 is 0 Å². The van der Waals surface area contributed by atoms with E-state index in [4.69, 9.17) is 23.2 Å². The lowest BCUT2D eigenvalue weighted by molar-refractivity contribution is -0.127. The summed E-state index contributed by atoms with van der Waals surface area (Å²) < 4.78 is 0. The van der Waals surface area contributed by atoms with Crippen molar-refractivity contribution < 1.29 is 9.90 Å². The minimum Gasteiger partial charge on any atom is -0.393 e. The summed E-state index contributed by atoms with van der Waals surface area (Å²) in [5.41, 5.74) is 1.08. The molecular formula is C17H20Cl2O2. The van der Waals surface area contributed by atoms with Gasteiger partial charge in [0.15, 0.2) is 0 Å². The number of aliphatic hydroxyl groups is 1. The van der Waals surface area contributed by atoms with E-state index in [0.29, 0.717) is 22.4 Å². The molecular weight excluding hydrogens is 307 g/mol. The van der Waals surface area contributed by atoms with Gasteiger partial charge in [-0.2, -0.15) is 0 Å². The summed E-state index contributed by atoms with van der Waals surface area (Å²) in [6.45, 7) is 1.90. The van der Waals surface area contributed by atoms with Gasteiger partial charge in [0.25, 0.3) is 0 Å². The first-order chi connectivity index (χ1) is 10.0. The number of aliphatic hydroxyl groups excluding tert-OH is 1. The Hall–Kier alpha value is -0.570. The van der Waals surface area contributed by atoms with Crippen molar-refractivity contribution in [1.82, 2.24) is 0 Å². The predicted molar refractivity (Wildman–Crippen MR) is 84.8 cm³/mol. The standard InChI is InChI=1S/C17H20Cl2O2/c1-2-15(20)17-11(5-9-6-12(17)16(21)7-9)10-3-4-13(18)14(19)8-10/h3-4,8-9,11-12,16-17,21H,2,5-7H2,1H3/t9?,11-,12+,16?,17-/m0/s1. The van der Waals surface area contributed by atoms with Gasteiger partial charge < -0.3 is 5.11 Å². The maximum atomic E-state index is 12.5. The molecule has 5 atom stereocenters. The molecule has 2 unspecified atom stereocenters. The summed E-state index contributed by atoms with van der Waals surface area (Å²) in [6, 6.07) is 5.67.